The lowest BCUT2D eigenvalue weighted by atomic mass is 10.1. The Hall–Kier alpha value is -3.65. The van der Waals surface area contributed by atoms with Crippen molar-refractivity contribution in [3.8, 4) is 0 Å². The SMILES string of the molecule is CCCN(CC(=O)N(Cc1ccccc1)Cc1cccn1C)C(=O)c1ccc([N+](=O)[O-])cc1Cl. The first-order valence-electron chi connectivity index (χ1n) is 10.9. The number of hydrogen-bond acceptors (Lipinski definition) is 4. The van der Waals surface area contributed by atoms with Crippen LogP contribution in [0.5, 0.6) is 0 Å². The molecule has 34 heavy (non-hydrogen) atoms. The molecule has 0 saturated heterocycles. The van der Waals surface area contributed by atoms with Crippen LogP contribution in [0.2, 0.25) is 5.02 Å². The molecule has 3 aromatic rings. The van der Waals surface area contributed by atoms with Crippen molar-refractivity contribution >= 4 is 29.1 Å². The van der Waals surface area contributed by atoms with Gasteiger partial charge in [-0.05, 0) is 30.2 Å². The molecule has 0 spiro atoms. The summed E-state index contributed by atoms with van der Waals surface area (Å²) in [5.41, 5.74) is 1.88. The summed E-state index contributed by atoms with van der Waals surface area (Å²) >= 11 is 6.18. The summed E-state index contributed by atoms with van der Waals surface area (Å²) in [6, 6.07) is 17.3. The molecule has 0 aliphatic heterocycles. The molecule has 1 heterocycles. The Morgan fingerprint density at radius 1 is 1.03 bits per heavy atom. The van der Waals surface area contributed by atoms with Crippen LogP contribution in [0.4, 0.5) is 5.69 Å². The van der Waals surface area contributed by atoms with E-state index >= 15 is 0 Å². The zero-order valence-corrected chi connectivity index (χ0v) is 19.9. The van der Waals surface area contributed by atoms with Gasteiger partial charge < -0.3 is 14.4 Å². The lowest BCUT2D eigenvalue weighted by molar-refractivity contribution is -0.384. The molecule has 0 unspecified atom stereocenters. The predicted molar refractivity (Wildman–Crippen MR) is 130 cm³/mol. The number of aryl methyl sites for hydroxylation is 1. The third-order valence-electron chi connectivity index (χ3n) is 5.47. The molecule has 178 valence electrons. The first kappa shape index (κ1) is 25.0. The fourth-order valence-electron chi connectivity index (χ4n) is 3.64. The number of non-ortho nitro benzene ring substituents is 1. The van der Waals surface area contributed by atoms with Crippen LogP contribution >= 0.6 is 11.6 Å². The van der Waals surface area contributed by atoms with Crippen molar-refractivity contribution in [3.63, 3.8) is 0 Å². The van der Waals surface area contributed by atoms with E-state index in [2.05, 4.69) is 0 Å². The molecule has 0 aliphatic rings. The summed E-state index contributed by atoms with van der Waals surface area (Å²) in [7, 11) is 1.92. The highest BCUT2D eigenvalue weighted by Gasteiger charge is 2.25. The normalized spacial score (nSPS) is 10.7. The number of rotatable bonds is 10. The lowest BCUT2D eigenvalue weighted by Gasteiger charge is -2.28. The molecular weight excluding hydrogens is 456 g/mol. The molecule has 0 saturated carbocycles. The van der Waals surface area contributed by atoms with Crippen LogP contribution in [0, 0.1) is 10.1 Å². The van der Waals surface area contributed by atoms with Gasteiger partial charge in [-0.25, -0.2) is 0 Å². The van der Waals surface area contributed by atoms with Crippen LogP contribution in [0.25, 0.3) is 0 Å². The number of nitrogens with zero attached hydrogens (tertiary/aromatic N) is 4. The Morgan fingerprint density at radius 2 is 1.76 bits per heavy atom. The van der Waals surface area contributed by atoms with Crippen molar-refractivity contribution in [3.05, 3.63) is 98.8 Å². The van der Waals surface area contributed by atoms with Crippen molar-refractivity contribution in [1.82, 2.24) is 14.4 Å². The minimum absolute atomic E-state index is 0.0160. The summed E-state index contributed by atoms with van der Waals surface area (Å²) in [6.45, 7) is 2.92. The Balaban J connectivity index is 1.83. The molecule has 2 amide bonds. The van der Waals surface area contributed by atoms with Crippen LogP contribution in [-0.4, -0.2) is 44.2 Å². The summed E-state index contributed by atoms with van der Waals surface area (Å²) in [5.74, 6) is -0.640. The molecule has 1 aromatic heterocycles. The van der Waals surface area contributed by atoms with E-state index in [1.54, 1.807) is 4.90 Å². The molecule has 9 heteroatoms. The fourth-order valence-corrected chi connectivity index (χ4v) is 3.89. The van der Waals surface area contributed by atoms with Gasteiger partial charge in [0.1, 0.15) is 6.54 Å². The van der Waals surface area contributed by atoms with Crippen molar-refractivity contribution < 1.29 is 14.5 Å². The van der Waals surface area contributed by atoms with E-state index < -0.39 is 10.8 Å². The van der Waals surface area contributed by atoms with E-state index in [0.29, 0.717) is 26.1 Å². The smallest absolute Gasteiger partial charge is 0.270 e. The predicted octanol–water partition coefficient (Wildman–Crippen LogP) is 4.67. The highest BCUT2D eigenvalue weighted by atomic mass is 35.5. The van der Waals surface area contributed by atoms with Gasteiger partial charge in [-0.1, -0.05) is 48.9 Å². The Bertz CT molecular complexity index is 1160. The second kappa shape index (κ2) is 11.5. The summed E-state index contributed by atoms with van der Waals surface area (Å²) in [6.07, 6.45) is 2.56. The summed E-state index contributed by atoms with van der Waals surface area (Å²) in [4.78, 5) is 40.2. The summed E-state index contributed by atoms with van der Waals surface area (Å²) in [5, 5.41) is 11.0. The van der Waals surface area contributed by atoms with E-state index in [9.17, 15) is 19.7 Å². The molecule has 0 radical (unpaired) electrons. The van der Waals surface area contributed by atoms with Crippen LogP contribution in [0.3, 0.4) is 0 Å². The molecule has 0 fully saturated rings. The average Bonchev–Trinajstić information content (AvgIpc) is 3.22. The molecule has 0 bridgehead atoms. The Morgan fingerprint density at radius 3 is 2.35 bits per heavy atom. The second-order valence-corrected chi connectivity index (χ2v) is 8.40. The van der Waals surface area contributed by atoms with Crippen molar-refractivity contribution in [2.24, 2.45) is 7.05 Å². The Labute approximate surface area is 203 Å². The third-order valence-corrected chi connectivity index (χ3v) is 5.79. The van der Waals surface area contributed by atoms with E-state index in [1.165, 1.54) is 17.0 Å². The maximum atomic E-state index is 13.4. The van der Waals surface area contributed by atoms with Gasteiger partial charge in [0.05, 0.1) is 22.1 Å². The molecule has 0 atom stereocenters. The maximum Gasteiger partial charge on any atom is 0.270 e. The first-order valence-corrected chi connectivity index (χ1v) is 11.3. The molecule has 2 aromatic carbocycles. The zero-order chi connectivity index (χ0) is 24.7. The molecule has 0 N–H and O–H groups in total. The number of nitro groups is 1. The van der Waals surface area contributed by atoms with Gasteiger partial charge in [0.15, 0.2) is 0 Å². The first-order chi connectivity index (χ1) is 16.3. The van der Waals surface area contributed by atoms with Gasteiger partial charge in [0.25, 0.3) is 11.6 Å². The van der Waals surface area contributed by atoms with Crippen molar-refractivity contribution in [1.29, 1.82) is 0 Å². The van der Waals surface area contributed by atoms with Crippen LogP contribution in [0.1, 0.15) is 35.0 Å². The number of halogens is 1. The van der Waals surface area contributed by atoms with Gasteiger partial charge in [-0.15, -0.1) is 0 Å². The van der Waals surface area contributed by atoms with Gasteiger partial charge in [0.2, 0.25) is 5.91 Å². The average molecular weight is 483 g/mol. The van der Waals surface area contributed by atoms with E-state index in [0.717, 1.165) is 17.3 Å². The fraction of sp³-hybridized carbons (Fsp3) is 0.280. The maximum absolute atomic E-state index is 13.4. The molecule has 0 aliphatic carbocycles. The Kier molecular flexibility index (Phi) is 8.43. The standard InChI is InChI=1S/C25H27ClN4O4/c1-3-13-28(25(32)22-12-11-20(30(33)34)15-23(22)26)18-24(31)29(16-19-8-5-4-6-9-19)17-21-10-7-14-27(21)2/h4-12,14-15H,3,13,16-18H2,1-2H3. The number of carbonyl (C=O) groups is 2. The van der Waals surface area contributed by atoms with E-state index in [4.69, 9.17) is 11.6 Å². The van der Waals surface area contributed by atoms with Gasteiger partial charge >= 0.3 is 0 Å². The number of aromatic nitrogens is 1. The number of carbonyl (C=O) groups excluding carboxylic acids is 2. The largest absolute Gasteiger partial charge is 0.353 e. The molecule has 8 nitrogen and oxygen atoms in total. The minimum Gasteiger partial charge on any atom is -0.353 e. The number of benzene rings is 2. The third kappa shape index (κ3) is 6.23. The van der Waals surface area contributed by atoms with Crippen molar-refractivity contribution in [2.75, 3.05) is 13.1 Å². The highest BCUT2D eigenvalue weighted by molar-refractivity contribution is 6.34. The van der Waals surface area contributed by atoms with Crippen molar-refractivity contribution in [2.45, 2.75) is 26.4 Å². The minimum atomic E-state index is -0.571. The van der Waals surface area contributed by atoms with Crippen LogP contribution in [0.15, 0.2) is 66.9 Å². The summed E-state index contributed by atoms with van der Waals surface area (Å²) < 4.78 is 1.96. The number of amides is 2. The molecular formula is C25H27ClN4O4. The topological polar surface area (TPSA) is 88.7 Å². The van der Waals surface area contributed by atoms with E-state index in [1.807, 2.05) is 67.2 Å². The monoisotopic (exact) mass is 482 g/mol. The lowest BCUT2D eigenvalue weighted by Crippen LogP contribution is -2.43. The number of nitro benzene ring substituents is 1. The van der Waals surface area contributed by atoms with Crippen LogP contribution in [-0.2, 0) is 24.9 Å². The highest BCUT2D eigenvalue weighted by Crippen LogP contribution is 2.24. The van der Waals surface area contributed by atoms with Gasteiger partial charge in [-0.2, -0.15) is 0 Å². The zero-order valence-electron chi connectivity index (χ0n) is 19.2. The van der Waals surface area contributed by atoms with Gasteiger partial charge in [-0.3, -0.25) is 19.7 Å². The number of hydrogen-bond donors (Lipinski definition) is 0. The second-order valence-electron chi connectivity index (χ2n) is 7.99. The van der Waals surface area contributed by atoms with Gasteiger partial charge in [0, 0.05) is 44.2 Å². The molecule has 3 rings (SSSR count). The van der Waals surface area contributed by atoms with Crippen LogP contribution < -0.4 is 0 Å². The van der Waals surface area contributed by atoms with E-state index in [-0.39, 0.29) is 28.7 Å². The quantitative estimate of drug-likeness (QED) is 0.310.